The number of hydrogen-bond acceptors (Lipinski definition) is 2. The van der Waals surface area contributed by atoms with Gasteiger partial charge in [-0.05, 0) is 36.1 Å². The summed E-state index contributed by atoms with van der Waals surface area (Å²) in [6.07, 6.45) is 2.04. The van der Waals surface area contributed by atoms with Crippen LogP contribution >= 0.6 is 11.3 Å². The number of guanidine groups is 1. The van der Waals surface area contributed by atoms with Crippen molar-refractivity contribution in [3.63, 3.8) is 0 Å². The first-order valence-electron chi connectivity index (χ1n) is 6.28. The molecule has 0 atom stereocenters. The monoisotopic (exact) mass is 276 g/mol. The topological polar surface area (TPSA) is 41.4 Å². The highest BCUT2D eigenvalue weighted by molar-refractivity contribution is 7.10. The maximum atomic E-state index is 4.24. The summed E-state index contributed by atoms with van der Waals surface area (Å²) in [6.45, 7) is 3.72. The maximum Gasteiger partial charge on any atom is 0.191 e. The summed E-state index contributed by atoms with van der Waals surface area (Å²) in [5.41, 5.74) is 2.56. The Bertz CT molecular complexity index is 507. The number of rotatable bonds is 4. The molecule has 0 aromatic carbocycles. The fourth-order valence-corrected chi connectivity index (χ4v) is 2.67. The van der Waals surface area contributed by atoms with E-state index in [9.17, 15) is 0 Å². The second-order valence-corrected chi connectivity index (χ2v) is 5.42. The number of nitrogens with zero attached hydrogens (tertiary/aromatic N) is 2. The Balaban J connectivity index is 1.84. The zero-order valence-electron chi connectivity index (χ0n) is 11.6. The van der Waals surface area contributed by atoms with Crippen LogP contribution in [0.1, 0.15) is 16.1 Å². The fourth-order valence-electron chi connectivity index (χ4n) is 1.82. The molecule has 102 valence electrons. The van der Waals surface area contributed by atoms with Crippen molar-refractivity contribution in [1.29, 1.82) is 0 Å². The number of aliphatic imine (C=N–C) groups is 1. The summed E-state index contributed by atoms with van der Waals surface area (Å²) in [6, 6.07) is 6.29. The molecule has 4 nitrogen and oxygen atoms in total. The lowest BCUT2D eigenvalue weighted by atomic mass is 10.3. The van der Waals surface area contributed by atoms with Crippen LogP contribution < -0.4 is 10.6 Å². The molecule has 0 spiro atoms. The van der Waals surface area contributed by atoms with E-state index in [2.05, 4.69) is 44.6 Å². The predicted octanol–water partition coefficient (Wildman–Crippen LogP) is 2.26. The van der Waals surface area contributed by atoms with Crippen molar-refractivity contribution >= 4 is 17.3 Å². The molecule has 0 saturated heterocycles. The van der Waals surface area contributed by atoms with Crippen molar-refractivity contribution in [1.82, 2.24) is 15.2 Å². The van der Waals surface area contributed by atoms with E-state index >= 15 is 0 Å². The molecule has 2 heterocycles. The molecule has 0 saturated carbocycles. The van der Waals surface area contributed by atoms with Crippen LogP contribution in [0.5, 0.6) is 0 Å². The summed E-state index contributed by atoms with van der Waals surface area (Å²) in [4.78, 5) is 5.58. The molecule has 0 unspecified atom stereocenters. The molecular formula is C14H20N4S. The second-order valence-electron chi connectivity index (χ2n) is 4.42. The van der Waals surface area contributed by atoms with Gasteiger partial charge in [0.05, 0.1) is 13.1 Å². The SMILES string of the molecule is CN=C(NCc1sccc1C)NCc1cccn1C. The van der Waals surface area contributed by atoms with E-state index in [1.165, 1.54) is 16.1 Å². The first kappa shape index (κ1) is 13.7. The van der Waals surface area contributed by atoms with Gasteiger partial charge in [0, 0.05) is 30.9 Å². The van der Waals surface area contributed by atoms with Crippen molar-refractivity contribution in [2.75, 3.05) is 7.05 Å². The fraction of sp³-hybridized carbons (Fsp3) is 0.357. The minimum absolute atomic E-state index is 0.770. The van der Waals surface area contributed by atoms with Gasteiger partial charge in [-0.1, -0.05) is 0 Å². The average molecular weight is 276 g/mol. The molecule has 2 rings (SSSR count). The number of thiophene rings is 1. The lowest BCUT2D eigenvalue weighted by Gasteiger charge is -2.12. The van der Waals surface area contributed by atoms with Crippen LogP contribution in [0.4, 0.5) is 0 Å². The smallest absolute Gasteiger partial charge is 0.191 e. The van der Waals surface area contributed by atoms with Gasteiger partial charge in [0.1, 0.15) is 0 Å². The first-order chi connectivity index (χ1) is 9.20. The molecule has 19 heavy (non-hydrogen) atoms. The van der Waals surface area contributed by atoms with Gasteiger partial charge >= 0.3 is 0 Å². The zero-order valence-corrected chi connectivity index (χ0v) is 12.4. The van der Waals surface area contributed by atoms with Gasteiger partial charge in [0.15, 0.2) is 5.96 Å². The minimum atomic E-state index is 0.770. The summed E-state index contributed by atoms with van der Waals surface area (Å²) in [5, 5.41) is 8.77. The van der Waals surface area contributed by atoms with Crippen LogP contribution in [-0.2, 0) is 20.1 Å². The summed E-state index contributed by atoms with van der Waals surface area (Å²) >= 11 is 1.77. The summed E-state index contributed by atoms with van der Waals surface area (Å²) in [7, 11) is 3.84. The average Bonchev–Trinajstić information content (AvgIpc) is 2.99. The first-order valence-corrected chi connectivity index (χ1v) is 7.16. The van der Waals surface area contributed by atoms with E-state index in [1.54, 1.807) is 18.4 Å². The molecule has 2 aromatic heterocycles. The Morgan fingerprint density at radius 2 is 2.11 bits per heavy atom. The zero-order chi connectivity index (χ0) is 13.7. The molecule has 0 fully saturated rings. The van der Waals surface area contributed by atoms with Crippen LogP contribution in [0.15, 0.2) is 34.8 Å². The van der Waals surface area contributed by atoms with Gasteiger partial charge in [-0.15, -0.1) is 11.3 Å². The van der Waals surface area contributed by atoms with Gasteiger partial charge in [-0.25, -0.2) is 0 Å². The molecule has 0 aliphatic rings. The van der Waals surface area contributed by atoms with Crippen LogP contribution in [0.3, 0.4) is 0 Å². The normalized spacial score (nSPS) is 11.6. The lowest BCUT2D eigenvalue weighted by Crippen LogP contribution is -2.36. The van der Waals surface area contributed by atoms with Crippen molar-refractivity contribution in [3.05, 3.63) is 45.9 Å². The van der Waals surface area contributed by atoms with Crippen molar-refractivity contribution < 1.29 is 0 Å². The standard InChI is InChI=1S/C14H20N4S/c1-11-6-8-19-13(11)10-17-14(15-2)16-9-12-5-4-7-18(12)3/h4-8H,9-10H2,1-3H3,(H2,15,16,17). The Morgan fingerprint density at radius 1 is 1.32 bits per heavy atom. The third kappa shape index (κ3) is 3.61. The van der Waals surface area contributed by atoms with Crippen LogP contribution in [0.2, 0.25) is 0 Å². The van der Waals surface area contributed by atoms with Gasteiger partial charge < -0.3 is 15.2 Å². The summed E-state index contributed by atoms with van der Waals surface area (Å²) < 4.78 is 2.10. The van der Waals surface area contributed by atoms with Crippen LogP contribution in [0, 0.1) is 6.92 Å². The molecule has 2 N–H and O–H groups in total. The Labute approximate surface area is 118 Å². The second kappa shape index (κ2) is 6.43. The lowest BCUT2D eigenvalue weighted by molar-refractivity contribution is 0.751. The molecule has 2 aromatic rings. The highest BCUT2D eigenvalue weighted by Crippen LogP contribution is 2.14. The Kier molecular flexibility index (Phi) is 4.63. The largest absolute Gasteiger partial charge is 0.353 e. The van der Waals surface area contributed by atoms with Crippen molar-refractivity contribution in [3.8, 4) is 0 Å². The molecule has 0 radical (unpaired) electrons. The quantitative estimate of drug-likeness (QED) is 0.664. The highest BCUT2D eigenvalue weighted by atomic mass is 32.1. The van der Waals surface area contributed by atoms with E-state index in [4.69, 9.17) is 0 Å². The Morgan fingerprint density at radius 3 is 2.68 bits per heavy atom. The molecule has 0 aliphatic carbocycles. The molecule has 0 aliphatic heterocycles. The van der Waals surface area contributed by atoms with Crippen LogP contribution in [0.25, 0.3) is 0 Å². The van der Waals surface area contributed by atoms with Gasteiger partial charge in [-0.3, -0.25) is 4.99 Å². The minimum Gasteiger partial charge on any atom is -0.353 e. The van der Waals surface area contributed by atoms with Crippen LogP contribution in [-0.4, -0.2) is 17.6 Å². The van der Waals surface area contributed by atoms with Gasteiger partial charge in [0.25, 0.3) is 0 Å². The van der Waals surface area contributed by atoms with E-state index in [0.717, 1.165) is 19.0 Å². The number of aromatic nitrogens is 1. The van der Waals surface area contributed by atoms with Crippen molar-refractivity contribution in [2.24, 2.45) is 12.0 Å². The van der Waals surface area contributed by atoms with E-state index in [-0.39, 0.29) is 0 Å². The molecule has 0 bridgehead atoms. The third-order valence-electron chi connectivity index (χ3n) is 3.10. The van der Waals surface area contributed by atoms with Crippen molar-refractivity contribution in [2.45, 2.75) is 20.0 Å². The number of nitrogens with one attached hydrogen (secondary N) is 2. The van der Waals surface area contributed by atoms with Gasteiger partial charge in [-0.2, -0.15) is 0 Å². The summed E-state index contributed by atoms with van der Waals surface area (Å²) in [5.74, 6) is 0.828. The van der Waals surface area contributed by atoms with E-state index in [0.29, 0.717) is 0 Å². The number of aryl methyl sites for hydroxylation is 2. The third-order valence-corrected chi connectivity index (χ3v) is 4.12. The molecular weight excluding hydrogens is 256 g/mol. The van der Waals surface area contributed by atoms with E-state index in [1.807, 2.05) is 19.3 Å². The molecule has 5 heteroatoms. The maximum absolute atomic E-state index is 4.24. The Hall–Kier alpha value is -1.75. The predicted molar refractivity (Wildman–Crippen MR) is 81.5 cm³/mol. The van der Waals surface area contributed by atoms with E-state index < -0.39 is 0 Å². The number of hydrogen-bond donors (Lipinski definition) is 2. The molecule has 0 amide bonds. The van der Waals surface area contributed by atoms with Gasteiger partial charge in [0.2, 0.25) is 0 Å². The highest BCUT2D eigenvalue weighted by Gasteiger charge is 2.03.